The molecule has 0 aliphatic carbocycles. The van der Waals surface area contributed by atoms with E-state index in [0.29, 0.717) is 11.1 Å². The molecule has 0 radical (unpaired) electrons. The first-order valence-electron chi connectivity index (χ1n) is 6.54. The Labute approximate surface area is 116 Å². The number of aromatic nitrogens is 1. The molecule has 20 heavy (non-hydrogen) atoms. The predicted molar refractivity (Wildman–Crippen MR) is 80.4 cm³/mol. The van der Waals surface area contributed by atoms with E-state index in [4.69, 9.17) is 0 Å². The van der Waals surface area contributed by atoms with Crippen molar-refractivity contribution in [3.63, 3.8) is 0 Å². The lowest BCUT2D eigenvalue weighted by atomic mass is 9.98. The highest BCUT2D eigenvalue weighted by atomic mass is 16.1. The Morgan fingerprint density at radius 1 is 0.900 bits per heavy atom. The minimum atomic E-state index is -0.0812. The van der Waals surface area contributed by atoms with Crippen LogP contribution in [-0.4, -0.2) is 16.1 Å². The highest BCUT2D eigenvalue weighted by Gasteiger charge is 2.19. The van der Waals surface area contributed by atoms with E-state index in [1.165, 1.54) is 13.8 Å². The maximum atomic E-state index is 12.0. The standard InChI is InChI=1S/C17H15NO2/c1-10(19)12-8-9-14-13-6-4-5-7-15(13)18(3)17(14)16(12)11(2)20/h4-9H,1-3H3. The van der Waals surface area contributed by atoms with Gasteiger partial charge in [0.15, 0.2) is 11.6 Å². The third-order valence-corrected chi connectivity index (χ3v) is 3.80. The van der Waals surface area contributed by atoms with Crippen LogP contribution in [0.5, 0.6) is 0 Å². The molecular formula is C17H15NO2. The quantitative estimate of drug-likeness (QED) is 0.662. The molecule has 1 aromatic heterocycles. The third kappa shape index (κ3) is 1.59. The Kier molecular flexibility index (Phi) is 2.71. The summed E-state index contributed by atoms with van der Waals surface area (Å²) < 4.78 is 1.99. The van der Waals surface area contributed by atoms with Gasteiger partial charge in [0, 0.05) is 28.9 Å². The second-order valence-electron chi connectivity index (χ2n) is 5.07. The summed E-state index contributed by atoms with van der Waals surface area (Å²) in [5.41, 5.74) is 2.92. The minimum Gasteiger partial charge on any atom is -0.343 e. The molecule has 3 aromatic rings. The first-order valence-corrected chi connectivity index (χ1v) is 6.54. The first kappa shape index (κ1) is 12.6. The first-order chi connectivity index (χ1) is 9.52. The lowest BCUT2D eigenvalue weighted by Gasteiger charge is -2.08. The van der Waals surface area contributed by atoms with Gasteiger partial charge in [-0.15, -0.1) is 0 Å². The number of benzene rings is 2. The summed E-state index contributed by atoms with van der Waals surface area (Å²) in [6, 6.07) is 11.7. The van der Waals surface area contributed by atoms with Crippen molar-refractivity contribution in [2.24, 2.45) is 7.05 Å². The zero-order chi connectivity index (χ0) is 14.4. The van der Waals surface area contributed by atoms with Crippen LogP contribution in [0.4, 0.5) is 0 Å². The number of fused-ring (bicyclic) bond motifs is 3. The van der Waals surface area contributed by atoms with Gasteiger partial charge in [-0.25, -0.2) is 0 Å². The summed E-state index contributed by atoms with van der Waals surface area (Å²) in [5, 5.41) is 2.11. The second-order valence-corrected chi connectivity index (χ2v) is 5.07. The molecule has 3 heteroatoms. The second kappa shape index (κ2) is 4.30. The molecule has 2 aromatic carbocycles. The van der Waals surface area contributed by atoms with Gasteiger partial charge in [0.05, 0.1) is 11.1 Å². The van der Waals surface area contributed by atoms with E-state index in [9.17, 15) is 9.59 Å². The summed E-state index contributed by atoms with van der Waals surface area (Å²) in [4.78, 5) is 23.8. The molecule has 0 atom stereocenters. The predicted octanol–water partition coefficient (Wildman–Crippen LogP) is 3.74. The van der Waals surface area contributed by atoms with E-state index in [0.717, 1.165) is 21.8 Å². The average molecular weight is 265 g/mol. The van der Waals surface area contributed by atoms with Crippen molar-refractivity contribution in [2.75, 3.05) is 0 Å². The zero-order valence-electron chi connectivity index (χ0n) is 11.7. The lowest BCUT2D eigenvalue weighted by molar-refractivity contribution is 0.0982. The molecule has 0 fully saturated rings. The maximum absolute atomic E-state index is 12.0. The number of rotatable bonds is 2. The number of para-hydroxylation sites is 1. The molecule has 1 heterocycles. The number of aryl methyl sites for hydroxylation is 1. The van der Waals surface area contributed by atoms with E-state index in [1.807, 2.05) is 41.9 Å². The van der Waals surface area contributed by atoms with Gasteiger partial charge < -0.3 is 4.57 Å². The van der Waals surface area contributed by atoms with Gasteiger partial charge in [-0.1, -0.05) is 24.3 Å². The van der Waals surface area contributed by atoms with Crippen molar-refractivity contribution in [1.82, 2.24) is 4.57 Å². The van der Waals surface area contributed by atoms with E-state index in [1.54, 1.807) is 6.07 Å². The van der Waals surface area contributed by atoms with Crippen molar-refractivity contribution >= 4 is 33.4 Å². The summed E-state index contributed by atoms with van der Waals surface area (Å²) >= 11 is 0. The van der Waals surface area contributed by atoms with Crippen LogP contribution < -0.4 is 0 Å². The molecule has 0 amide bonds. The molecule has 3 nitrogen and oxygen atoms in total. The smallest absolute Gasteiger partial charge is 0.162 e. The van der Waals surface area contributed by atoms with Gasteiger partial charge in [0.2, 0.25) is 0 Å². The molecule has 0 spiro atoms. The highest BCUT2D eigenvalue weighted by molar-refractivity contribution is 6.20. The molecule has 0 aliphatic heterocycles. The number of hydrogen-bond acceptors (Lipinski definition) is 2. The van der Waals surface area contributed by atoms with Crippen LogP contribution in [0.15, 0.2) is 36.4 Å². The summed E-state index contributed by atoms with van der Waals surface area (Å²) in [7, 11) is 1.93. The summed E-state index contributed by atoms with van der Waals surface area (Å²) in [6.07, 6.45) is 0. The van der Waals surface area contributed by atoms with Gasteiger partial charge in [-0.05, 0) is 26.0 Å². The van der Waals surface area contributed by atoms with Crippen molar-refractivity contribution < 1.29 is 9.59 Å². The van der Waals surface area contributed by atoms with Crippen LogP contribution >= 0.6 is 0 Å². The lowest BCUT2D eigenvalue weighted by Crippen LogP contribution is -2.06. The summed E-state index contributed by atoms with van der Waals surface area (Å²) in [6.45, 7) is 3.01. The van der Waals surface area contributed by atoms with E-state index in [2.05, 4.69) is 0 Å². The number of Topliss-reactive ketones (excluding diaryl/α,β-unsaturated/α-hetero) is 2. The fourth-order valence-corrected chi connectivity index (χ4v) is 2.92. The number of nitrogens with zero attached hydrogens (tertiary/aromatic N) is 1. The average Bonchev–Trinajstić information content (AvgIpc) is 2.72. The van der Waals surface area contributed by atoms with Gasteiger partial charge in [-0.2, -0.15) is 0 Å². The molecule has 100 valence electrons. The highest BCUT2D eigenvalue weighted by Crippen LogP contribution is 2.32. The Morgan fingerprint density at radius 2 is 1.60 bits per heavy atom. The molecule has 3 rings (SSSR count). The van der Waals surface area contributed by atoms with Gasteiger partial charge in [0.25, 0.3) is 0 Å². The monoisotopic (exact) mass is 265 g/mol. The van der Waals surface area contributed by atoms with Crippen molar-refractivity contribution in [1.29, 1.82) is 0 Å². The fraction of sp³-hybridized carbons (Fsp3) is 0.176. The Morgan fingerprint density at radius 3 is 2.25 bits per heavy atom. The van der Waals surface area contributed by atoms with E-state index >= 15 is 0 Å². The van der Waals surface area contributed by atoms with Crippen LogP contribution in [0.25, 0.3) is 21.8 Å². The van der Waals surface area contributed by atoms with E-state index in [-0.39, 0.29) is 11.6 Å². The topological polar surface area (TPSA) is 39.1 Å². The van der Waals surface area contributed by atoms with Crippen LogP contribution in [0, 0.1) is 0 Å². The summed E-state index contributed by atoms with van der Waals surface area (Å²) in [5.74, 6) is -0.158. The van der Waals surface area contributed by atoms with Crippen LogP contribution in [0.3, 0.4) is 0 Å². The molecule has 0 unspecified atom stereocenters. The van der Waals surface area contributed by atoms with Gasteiger partial charge in [-0.3, -0.25) is 9.59 Å². The van der Waals surface area contributed by atoms with Crippen LogP contribution in [-0.2, 0) is 7.05 Å². The van der Waals surface area contributed by atoms with Crippen molar-refractivity contribution in [2.45, 2.75) is 13.8 Å². The van der Waals surface area contributed by atoms with Crippen molar-refractivity contribution in [3.8, 4) is 0 Å². The Balaban J connectivity index is 2.61. The van der Waals surface area contributed by atoms with E-state index < -0.39 is 0 Å². The zero-order valence-corrected chi connectivity index (χ0v) is 11.7. The van der Waals surface area contributed by atoms with Crippen LogP contribution in [0.1, 0.15) is 34.6 Å². The molecule has 0 aliphatic rings. The Hall–Kier alpha value is -2.42. The number of ketones is 2. The SMILES string of the molecule is CC(=O)c1ccc2c3ccccc3n(C)c2c1C(C)=O. The molecule has 0 bridgehead atoms. The van der Waals surface area contributed by atoms with Crippen LogP contribution in [0.2, 0.25) is 0 Å². The molecule has 0 saturated carbocycles. The third-order valence-electron chi connectivity index (χ3n) is 3.80. The van der Waals surface area contributed by atoms with Gasteiger partial charge >= 0.3 is 0 Å². The molecule has 0 saturated heterocycles. The largest absolute Gasteiger partial charge is 0.343 e. The minimum absolute atomic E-state index is 0.0771. The van der Waals surface area contributed by atoms with Gasteiger partial charge in [0.1, 0.15) is 0 Å². The Bertz CT molecular complexity index is 871. The fourth-order valence-electron chi connectivity index (χ4n) is 2.92. The number of carbonyl (C=O) groups is 2. The number of hydrogen-bond donors (Lipinski definition) is 0. The normalized spacial score (nSPS) is 11.2. The molecule has 0 N–H and O–H groups in total. The molecular weight excluding hydrogens is 250 g/mol. The van der Waals surface area contributed by atoms with Crippen molar-refractivity contribution in [3.05, 3.63) is 47.5 Å². The maximum Gasteiger partial charge on any atom is 0.162 e. The number of carbonyl (C=O) groups excluding carboxylic acids is 2.